The molecule has 0 aliphatic carbocycles. The summed E-state index contributed by atoms with van der Waals surface area (Å²) < 4.78 is 13.7. The molecule has 1 aromatic carbocycles. The summed E-state index contributed by atoms with van der Waals surface area (Å²) in [5.41, 5.74) is 10.4. The largest absolute Gasteiger partial charge is 0.357 e. The number of aromatic nitrogens is 1. The first-order chi connectivity index (χ1) is 13.8. The summed E-state index contributed by atoms with van der Waals surface area (Å²) in [4.78, 5) is 30.0. The molecule has 0 saturated carbocycles. The summed E-state index contributed by atoms with van der Waals surface area (Å²) in [5.74, 6) is -0.688. The van der Waals surface area contributed by atoms with Crippen molar-refractivity contribution in [2.45, 2.75) is 32.7 Å². The molecule has 1 saturated heterocycles. The number of amides is 3. The van der Waals surface area contributed by atoms with Gasteiger partial charge < -0.3 is 26.3 Å². The van der Waals surface area contributed by atoms with Crippen LogP contribution in [-0.2, 0) is 4.79 Å². The van der Waals surface area contributed by atoms with Gasteiger partial charge in [0.2, 0.25) is 0 Å². The quantitative estimate of drug-likeness (QED) is 0.585. The van der Waals surface area contributed by atoms with E-state index in [-0.39, 0.29) is 18.0 Å². The summed E-state index contributed by atoms with van der Waals surface area (Å²) in [7, 11) is 0. The molecular weight excluding hydrogens is 373 g/mol. The van der Waals surface area contributed by atoms with Gasteiger partial charge >= 0.3 is 6.03 Å². The van der Waals surface area contributed by atoms with E-state index in [4.69, 9.17) is 5.73 Å². The zero-order chi connectivity index (χ0) is 20.7. The second-order valence-electron chi connectivity index (χ2n) is 7.62. The van der Waals surface area contributed by atoms with E-state index in [0.717, 1.165) is 24.1 Å². The highest BCUT2D eigenvalue weighted by atomic mass is 19.1. The van der Waals surface area contributed by atoms with Crippen molar-refractivity contribution >= 4 is 35.0 Å². The van der Waals surface area contributed by atoms with Crippen LogP contribution in [0.15, 0.2) is 18.2 Å². The van der Waals surface area contributed by atoms with E-state index < -0.39 is 5.82 Å². The molecule has 0 atom stereocenters. The molecule has 3 amide bonds. The Hall–Kier alpha value is -3.13. The van der Waals surface area contributed by atoms with Gasteiger partial charge in [0, 0.05) is 41.8 Å². The van der Waals surface area contributed by atoms with Crippen molar-refractivity contribution in [2.75, 3.05) is 23.7 Å². The minimum Gasteiger partial charge on any atom is -0.357 e. The molecule has 3 heterocycles. The highest BCUT2D eigenvalue weighted by molar-refractivity contribution is 6.34. The Morgan fingerprint density at radius 2 is 2.03 bits per heavy atom. The summed E-state index contributed by atoms with van der Waals surface area (Å²) >= 11 is 0. The van der Waals surface area contributed by atoms with E-state index in [1.54, 1.807) is 17.0 Å². The van der Waals surface area contributed by atoms with E-state index in [1.807, 2.05) is 13.8 Å². The fourth-order valence-electron chi connectivity index (χ4n) is 3.84. The standard InChI is InChI=1S/C21H24FN5O2/c1-11-18(10-16-15-9-13(22)3-4-17(15)25-20(16)28)24-12(2)19(11)26-21(29)27-7-5-14(23)6-8-27/h3-4,9-10,14,24H,5-8,23H2,1-2H3,(H,25,28)(H,26,29)/b16-10-. The number of piperidine rings is 1. The maximum atomic E-state index is 13.7. The number of carbonyl (C=O) groups excluding carboxylic acids is 2. The Kier molecular flexibility index (Phi) is 4.87. The Balaban J connectivity index is 1.60. The Bertz CT molecular complexity index is 1020. The molecule has 0 bridgehead atoms. The number of benzene rings is 1. The Morgan fingerprint density at radius 3 is 2.76 bits per heavy atom. The molecule has 2 aromatic rings. The molecular formula is C21H24FN5O2. The van der Waals surface area contributed by atoms with E-state index >= 15 is 0 Å². The average Bonchev–Trinajstić information content (AvgIpc) is 3.13. The minimum absolute atomic E-state index is 0.151. The third-order valence-electron chi connectivity index (χ3n) is 5.59. The first-order valence-electron chi connectivity index (χ1n) is 9.67. The molecule has 0 radical (unpaired) electrons. The molecule has 2 aliphatic heterocycles. The maximum absolute atomic E-state index is 13.7. The van der Waals surface area contributed by atoms with E-state index in [1.165, 1.54) is 12.1 Å². The summed E-state index contributed by atoms with van der Waals surface area (Å²) in [5, 5.41) is 5.71. The number of rotatable bonds is 2. The predicted octanol–water partition coefficient (Wildman–Crippen LogP) is 3.22. The topological polar surface area (TPSA) is 103 Å². The molecule has 4 rings (SSSR count). The molecule has 2 aliphatic rings. The Labute approximate surface area is 168 Å². The SMILES string of the molecule is Cc1[nH]c(/C=C2\C(=O)Nc3ccc(F)cc32)c(C)c1NC(=O)N1CCC(N)CC1. The van der Waals surface area contributed by atoms with Crippen LogP contribution in [0.4, 0.5) is 20.6 Å². The molecule has 0 unspecified atom stereocenters. The monoisotopic (exact) mass is 397 g/mol. The normalized spacial score (nSPS) is 18.1. The zero-order valence-electron chi connectivity index (χ0n) is 16.4. The number of carbonyl (C=O) groups is 2. The van der Waals surface area contributed by atoms with Crippen LogP contribution in [0.3, 0.4) is 0 Å². The highest BCUT2D eigenvalue weighted by Crippen LogP contribution is 2.35. The van der Waals surface area contributed by atoms with Crippen molar-refractivity contribution < 1.29 is 14.0 Å². The molecule has 0 spiro atoms. The van der Waals surface area contributed by atoms with Gasteiger partial charge in [-0.1, -0.05) is 0 Å². The number of hydrogen-bond donors (Lipinski definition) is 4. The molecule has 1 fully saturated rings. The Morgan fingerprint density at radius 1 is 1.31 bits per heavy atom. The van der Waals surface area contributed by atoms with Gasteiger partial charge in [-0.05, 0) is 56.5 Å². The molecule has 5 N–H and O–H groups in total. The van der Waals surface area contributed by atoms with Crippen LogP contribution >= 0.6 is 0 Å². The van der Waals surface area contributed by atoms with Gasteiger partial charge in [-0.25, -0.2) is 9.18 Å². The smallest absolute Gasteiger partial charge is 0.321 e. The van der Waals surface area contributed by atoms with Gasteiger partial charge in [0.1, 0.15) is 5.82 Å². The fourth-order valence-corrected chi connectivity index (χ4v) is 3.84. The third-order valence-corrected chi connectivity index (χ3v) is 5.59. The number of fused-ring (bicyclic) bond motifs is 1. The van der Waals surface area contributed by atoms with E-state index in [0.29, 0.717) is 41.3 Å². The zero-order valence-corrected chi connectivity index (χ0v) is 16.4. The lowest BCUT2D eigenvalue weighted by Gasteiger charge is -2.30. The number of nitrogens with two attached hydrogens (primary N) is 1. The van der Waals surface area contributed by atoms with Crippen molar-refractivity contribution in [3.8, 4) is 0 Å². The predicted molar refractivity (Wildman–Crippen MR) is 111 cm³/mol. The minimum atomic E-state index is -0.403. The van der Waals surface area contributed by atoms with E-state index in [2.05, 4.69) is 15.6 Å². The number of halogens is 1. The highest BCUT2D eigenvalue weighted by Gasteiger charge is 2.26. The third kappa shape index (κ3) is 3.63. The maximum Gasteiger partial charge on any atom is 0.321 e. The van der Waals surface area contributed by atoms with Crippen molar-refractivity contribution in [1.82, 2.24) is 9.88 Å². The summed E-state index contributed by atoms with van der Waals surface area (Å²) in [6, 6.07) is 4.19. The van der Waals surface area contributed by atoms with Crippen LogP contribution in [0.2, 0.25) is 0 Å². The first-order valence-corrected chi connectivity index (χ1v) is 9.67. The van der Waals surface area contributed by atoms with Gasteiger partial charge in [-0.3, -0.25) is 4.79 Å². The molecule has 29 heavy (non-hydrogen) atoms. The van der Waals surface area contributed by atoms with Crippen molar-refractivity contribution in [2.24, 2.45) is 5.73 Å². The average molecular weight is 397 g/mol. The number of nitrogens with zero attached hydrogens (tertiary/aromatic N) is 1. The van der Waals surface area contributed by atoms with Gasteiger partial charge in [0.15, 0.2) is 0 Å². The lowest BCUT2D eigenvalue weighted by Crippen LogP contribution is -2.44. The van der Waals surface area contributed by atoms with E-state index in [9.17, 15) is 14.0 Å². The lowest BCUT2D eigenvalue weighted by molar-refractivity contribution is -0.110. The molecule has 152 valence electrons. The number of aromatic amines is 1. The van der Waals surface area contributed by atoms with Crippen molar-refractivity contribution in [1.29, 1.82) is 0 Å². The molecule has 8 heteroatoms. The number of H-pyrrole nitrogens is 1. The number of aryl methyl sites for hydroxylation is 1. The molecule has 1 aromatic heterocycles. The van der Waals surface area contributed by atoms with Gasteiger partial charge in [0.25, 0.3) is 5.91 Å². The number of nitrogens with one attached hydrogen (secondary N) is 3. The van der Waals surface area contributed by atoms with Gasteiger partial charge in [-0.15, -0.1) is 0 Å². The van der Waals surface area contributed by atoms with Crippen LogP contribution in [-0.4, -0.2) is 41.0 Å². The van der Waals surface area contributed by atoms with Crippen LogP contribution in [0, 0.1) is 19.7 Å². The van der Waals surface area contributed by atoms with Crippen molar-refractivity contribution in [3.05, 3.63) is 46.5 Å². The summed E-state index contributed by atoms with van der Waals surface area (Å²) in [6.45, 7) is 5.00. The first kappa shape index (κ1) is 19.2. The van der Waals surface area contributed by atoms with Crippen LogP contribution < -0.4 is 16.4 Å². The number of urea groups is 1. The van der Waals surface area contributed by atoms with Gasteiger partial charge in [-0.2, -0.15) is 0 Å². The number of likely N-dealkylation sites (tertiary alicyclic amines) is 1. The number of hydrogen-bond acceptors (Lipinski definition) is 3. The van der Waals surface area contributed by atoms with Crippen molar-refractivity contribution in [3.63, 3.8) is 0 Å². The number of anilines is 2. The van der Waals surface area contributed by atoms with Crippen LogP contribution in [0.25, 0.3) is 11.6 Å². The fraction of sp³-hybridized carbons (Fsp3) is 0.333. The van der Waals surface area contributed by atoms with Crippen LogP contribution in [0.5, 0.6) is 0 Å². The second kappa shape index (κ2) is 7.36. The lowest BCUT2D eigenvalue weighted by atomic mass is 10.0. The summed E-state index contributed by atoms with van der Waals surface area (Å²) in [6.07, 6.45) is 3.28. The second-order valence-corrected chi connectivity index (χ2v) is 7.62. The van der Waals surface area contributed by atoms with Gasteiger partial charge in [0.05, 0.1) is 11.3 Å². The molecule has 7 nitrogen and oxygen atoms in total. The van der Waals surface area contributed by atoms with Crippen LogP contribution in [0.1, 0.15) is 35.4 Å².